The number of benzene rings is 2. The number of hydrogen-bond donors (Lipinski definition) is 2. The fraction of sp³-hybridized carbons (Fsp3) is 0.391. The molecule has 0 aliphatic carbocycles. The number of esters is 1. The number of morpholine rings is 1. The molecule has 1 amide bonds. The zero-order valence-electron chi connectivity index (χ0n) is 17.6. The van der Waals surface area contributed by atoms with Gasteiger partial charge in [-0.05, 0) is 36.2 Å². The summed E-state index contributed by atoms with van der Waals surface area (Å²) < 4.78 is 11.3. The van der Waals surface area contributed by atoms with Gasteiger partial charge in [0.25, 0.3) is 0 Å². The van der Waals surface area contributed by atoms with E-state index in [-0.39, 0.29) is 24.5 Å². The maximum Gasteiger partial charge on any atom is 0.319 e. The Labute approximate surface area is 191 Å². The summed E-state index contributed by atoms with van der Waals surface area (Å²) in [5, 5.41) is 6.34. The number of amides is 1. The van der Waals surface area contributed by atoms with Crippen molar-refractivity contribution in [3.05, 3.63) is 64.1 Å². The molecule has 1 heterocycles. The largest absolute Gasteiger partial charge is 0.465 e. The Balaban J connectivity index is 1.82. The molecule has 0 radical (unpaired) electrons. The number of carbonyl (C=O) groups excluding carboxylic acids is 2. The van der Waals surface area contributed by atoms with Crippen LogP contribution in [0, 0.1) is 0 Å². The van der Waals surface area contributed by atoms with Crippen molar-refractivity contribution in [2.75, 3.05) is 51.3 Å². The van der Waals surface area contributed by atoms with Gasteiger partial charge in [-0.15, -0.1) is 0 Å². The average molecular weight is 490 g/mol. The van der Waals surface area contributed by atoms with Crippen molar-refractivity contribution in [3.63, 3.8) is 0 Å². The summed E-state index contributed by atoms with van der Waals surface area (Å²) in [7, 11) is 0. The van der Waals surface area contributed by atoms with Gasteiger partial charge in [-0.1, -0.05) is 46.3 Å². The summed E-state index contributed by atoms with van der Waals surface area (Å²) in [6.45, 7) is 5.25. The molecule has 1 saturated heterocycles. The van der Waals surface area contributed by atoms with Gasteiger partial charge in [0.1, 0.15) is 0 Å². The Morgan fingerprint density at radius 3 is 2.61 bits per heavy atom. The van der Waals surface area contributed by atoms with E-state index in [1.54, 1.807) is 6.92 Å². The number of carbonyl (C=O) groups is 2. The predicted octanol–water partition coefficient (Wildman–Crippen LogP) is 2.96. The fourth-order valence-corrected chi connectivity index (χ4v) is 3.87. The fourth-order valence-electron chi connectivity index (χ4n) is 3.49. The first-order chi connectivity index (χ1) is 15.1. The lowest BCUT2D eigenvalue weighted by Gasteiger charge is -2.27. The molecule has 1 aliphatic heterocycles. The Bertz CT molecular complexity index is 872. The van der Waals surface area contributed by atoms with E-state index in [1.165, 1.54) is 0 Å². The lowest BCUT2D eigenvalue weighted by atomic mass is 9.97. The minimum Gasteiger partial charge on any atom is -0.465 e. The first kappa shape index (κ1) is 23.4. The van der Waals surface area contributed by atoms with E-state index < -0.39 is 0 Å². The third-order valence-electron chi connectivity index (χ3n) is 4.96. The van der Waals surface area contributed by atoms with Crippen LogP contribution < -0.4 is 10.6 Å². The molecule has 2 aromatic rings. The van der Waals surface area contributed by atoms with Crippen LogP contribution in [0.5, 0.6) is 0 Å². The van der Waals surface area contributed by atoms with Crippen LogP contribution in [0.4, 0.5) is 5.69 Å². The number of ether oxygens (including phenoxy) is 2. The normalized spacial score (nSPS) is 15.3. The monoisotopic (exact) mass is 489 g/mol. The standard InChI is InChI=1S/C23H28BrN3O4/c1-2-31-22(29)15-25-23(17-6-4-3-5-7-17)19-14-18(24)8-9-20(19)26-21(28)16-27-10-12-30-13-11-27/h3-9,14,23,25H,2,10-13,15-16H2,1H3,(H,26,28)/t23-/m1/s1. The molecule has 166 valence electrons. The zero-order chi connectivity index (χ0) is 22.1. The smallest absolute Gasteiger partial charge is 0.319 e. The van der Waals surface area contributed by atoms with Crippen LogP contribution in [0.25, 0.3) is 0 Å². The minimum atomic E-state index is -0.323. The van der Waals surface area contributed by atoms with Crippen molar-refractivity contribution in [3.8, 4) is 0 Å². The Morgan fingerprint density at radius 1 is 1.16 bits per heavy atom. The second-order valence-corrected chi connectivity index (χ2v) is 8.11. The van der Waals surface area contributed by atoms with Crippen LogP contribution in [0.2, 0.25) is 0 Å². The second-order valence-electron chi connectivity index (χ2n) is 7.20. The molecule has 0 spiro atoms. The molecular weight excluding hydrogens is 462 g/mol. The van der Waals surface area contributed by atoms with E-state index in [4.69, 9.17) is 9.47 Å². The number of hydrogen-bond acceptors (Lipinski definition) is 6. The molecule has 2 aromatic carbocycles. The Kier molecular flexibility index (Phi) is 9.02. The van der Waals surface area contributed by atoms with Gasteiger partial charge in [0, 0.05) is 23.2 Å². The highest BCUT2D eigenvalue weighted by Gasteiger charge is 2.21. The van der Waals surface area contributed by atoms with Crippen LogP contribution in [0.1, 0.15) is 24.1 Å². The Morgan fingerprint density at radius 2 is 1.90 bits per heavy atom. The maximum atomic E-state index is 12.7. The molecule has 31 heavy (non-hydrogen) atoms. The van der Waals surface area contributed by atoms with Crippen LogP contribution in [-0.4, -0.2) is 62.8 Å². The summed E-state index contributed by atoms with van der Waals surface area (Å²) in [5.74, 6) is -0.404. The number of rotatable bonds is 9. The number of anilines is 1. The van der Waals surface area contributed by atoms with Crippen molar-refractivity contribution in [1.82, 2.24) is 10.2 Å². The summed E-state index contributed by atoms with van der Waals surface area (Å²) >= 11 is 3.53. The topological polar surface area (TPSA) is 79.9 Å². The van der Waals surface area contributed by atoms with Crippen LogP contribution in [0.15, 0.2) is 53.0 Å². The lowest BCUT2D eigenvalue weighted by Crippen LogP contribution is -2.41. The number of halogens is 1. The average Bonchev–Trinajstić information content (AvgIpc) is 2.77. The Hall–Kier alpha value is -2.26. The molecule has 1 atom stereocenters. The van der Waals surface area contributed by atoms with Gasteiger partial charge in [0.2, 0.25) is 5.91 Å². The summed E-state index contributed by atoms with van der Waals surface area (Å²) in [6, 6.07) is 15.2. The van der Waals surface area contributed by atoms with E-state index in [0.29, 0.717) is 32.1 Å². The third-order valence-corrected chi connectivity index (χ3v) is 5.45. The molecule has 1 aliphatic rings. The summed E-state index contributed by atoms with van der Waals surface area (Å²) in [4.78, 5) is 26.8. The highest BCUT2D eigenvalue weighted by atomic mass is 79.9. The maximum absolute atomic E-state index is 12.7. The van der Waals surface area contributed by atoms with Gasteiger partial charge in [-0.2, -0.15) is 0 Å². The van der Waals surface area contributed by atoms with Crippen molar-refractivity contribution in [2.45, 2.75) is 13.0 Å². The second kappa shape index (κ2) is 12.0. The van der Waals surface area contributed by atoms with E-state index in [9.17, 15) is 9.59 Å². The van der Waals surface area contributed by atoms with Gasteiger partial charge >= 0.3 is 5.97 Å². The molecule has 0 bridgehead atoms. The van der Waals surface area contributed by atoms with Crippen LogP contribution in [-0.2, 0) is 19.1 Å². The quantitative estimate of drug-likeness (QED) is 0.527. The molecule has 8 heteroatoms. The number of nitrogens with one attached hydrogen (secondary N) is 2. The van der Waals surface area contributed by atoms with Gasteiger partial charge in [0.05, 0.1) is 39.0 Å². The molecule has 0 unspecified atom stereocenters. The van der Waals surface area contributed by atoms with Gasteiger partial charge in [-0.3, -0.25) is 19.8 Å². The number of nitrogens with zero attached hydrogens (tertiary/aromatic N) is 1. The van der Waals surface area contributed by atoms with Crippen LogP contribution in [0.3, 0.4) is 0 Å². The summed E-state index contributed by atoms with van der Waals surface area (Å²) in [5.41, 5.74) is 2.54. The molecule has 1 fully saturated rings. The van der Waals surface area contributed by atoms with Gasteiger partial charge in [0.15, 0.2) is 0 Å². The molecule has 0 saturated carbocycles. The van der Waals surface area contributed by atoms with Crippen molar-refractivity contribution in [1.29, 1.82) is 0 Å². The van der Waals surface area contributed by atoms with Crippen LogP contribution >= 0.6 is 15.9 Å². The van der Waals surface area contributed by atoms with Crippen molar-refractivity contribution < 1.29 is 19.1 Å². The highest BCUT2D eigenvalue weighted by Crippen LogP contribution is 2.31. The first-order valence-electron chi connectivity index (χ1n) is 10.4. The zero-order valence-corrected chi connectivity index (χ0v) is 19.2. The predicted molar refractivity (Wildman–Crippen MR) is 123 cm³/mol. The van der Waals surface area contributed by atoms with Crippen molar-refractivity contribution >= 4 is 33.5 Å². The SMILES string of the molecule is CCOC(=O)CN[C@H](c1ccccc1)c1cc(Br)ccc1NC(=O)CN1CCOCC1. The lowest BCUT2D eigenvalue weighted by molar-refractivity contribution is -0.142. The van der Waals surface area contributed by atoms with Crippen molar-refractivity contribution in [2.24, 2.45) is 0 Å². The third kappa shape index (κ3) is 7.14. The molecular formula is C23H28BrN3O4. The van der Waals surface area contributed by atoms with E-state index in [1.807, 2.05) is 48.5 Å². The molecule has 3 rings (SSSR count). The molecule has 0 aromatic heterocycles. The minimum absolute atomic E-state index is 0.0566. The van der Waals surface area contributed by atoms with E-state index >= 15 is 0 Å². The van der Waals surface area contributed by atoms with Gasteiger partial charge < -0.3 is 14.8 Å². The first-order valence-corrected chi connectivity index (χ1v) is 11.2. The van der Waals surface area contributed by atoms with Gasteiger partial charge in [-0.25, -0.2) is 0 Å². The highest BCUT2D eigenvalue weighted by molar-refractivity contribution is 9.10. The van der Waals surface area contributed by atoms with E-state index in [2.05, 4.69) is 31.5 Å². The molecule has 2 N–H and O–H groups in total. The van der Waals surface area contributed by atoms with E-state index in [0.717, 1.165) is 28.7 Å². The summed E-state index contributed by atoms with van der Waals surface area (Å²) in [6.07, 6.45) is 0. The molecule has 7 nitrogen and oxygen atoms in total.